The highest BCUT2D eigenvalue weighted by atomic mass is 32.2. The van der Waals surface area contributed by atoms with Crippen molar-refractivity contribution in [1.82, 2.24) is 9.21 Å². The van der Waals surface area contributed by atoms with Crippen LogP contribution in [-0.4, -0.2) is 71.9 Å². The zero-order chi connectivity index (χ0) is 23.4. The molecule has 0 atom stereocenters. The van der Waals surface area contributed by atoms with Crippen molar-refractivity contribution >= 4 is 31.4 Å². The summed E-state index contributed by atoms with van der Waals surface area (Å²) in [6.07, 6.45) is 0. The Hall–Kier alpha value is -2.14. The van der Waals surface area contributed by atoms with Gasteiger partial charge in [-0.2, -0.15) is 4.31 Å². The summed E-state index contributed by atoms with van der Waals surface area (Å²) in [6, 6.07) is 12.7. The standard InChI is InChI=1S/C22H32N4O4S2/c1-4-24-15-17-25(18-16-24)22-10-8-7-9-21(22)23-31(27,28)19-11-13-20(14-12-19)32(29,30)26(5-2)6-3/h7-14,23H,4-6,15-18H2,1-3H3. The monoisotopic (exact) mass is 480 g/mol. The number of anilines is 2. The Morgan fingerprint density at radius 1 is 0.812 bits per heavy atom. The first-order chi connectivity index (χ1) is 15.2. The smallest absolute Gasteiger partial charge is 0.261 e. The summed E-state index contributed by atoms with van der Waals surface area (Å²) in [5.41, 5.74) is 1.35. The van der Waals surface area contributed by atoms with Crippen LogP contribution in [0.3, 0.4) is 0 Å². The number of benzene rings is 2. The average Bonchev–Trinajstić information content (AvgIpc) is 2.80. The van der Waals surface area contributed by atoms with Crippen molar-refractivity contribution in [2.24, 2.45) is 0 Å². The first-order valence-electron chi connectivity index (χ1n) is 10.9. The molecule has 32 heavy (non-hydrogen) atoms. The third-order valence-corrected chi connectivity index (χ3v) is 9.23. The van der Waals surface area contributed by atoms with Crippen LogP contribution in [0.2, 0.25) is 0 Å². The molecular weight excluding hydrogens is 448 g/mol. The predicted molar refractivity (Wildman–Crippen MR) is 128 cm³/mol. The minimum Gasteiger partial charge on any atom is -0.367 e. The molecule has 2 aromatic rings. The largest absolute Gasteiger partial charge is 0.367 e. The fraction of sp³-hybridized carbons (Fsp3) is 0.455. The van der Waals surface area contributed by atoms with Gasteiger partial charge in [-0.1, -0.05) is 32.9 Å². The molecule has 1 heterocycles. The van der Waals surface area contributed by atoms with Crippen LogP contribution in [0, 0.1) is 0 Å². The topological polar surface area (TPSA) is 90.0 Å². The molecule has 1 fully saturated rings. The molecule has 0 amide bonds. The fourth-order valence-electron chi connectivity index (χ4n) is 3.85. The summed E-state index contributed by atoms with van der Waals surface area (Å²) in [5.74, 6) is 0. The number of sulfonamides is 2. The van der Waals surface area contributed by atoms with Gasteiger partial charge in [0.25, 0.3) is 10.0 Å². The van der Waals surface area contributed by atoms with Crippen LogP contribution in [0.25, 0.3) is 0 Å². The van der Waals surface area contributed by atoms with Gasteiger partial charge in [-0.3, -0.25) is 4.72 Å². The second-order valence-electron chi connectivity index (χ2n) is 7.60. The lowest BCUT2D eigenvalue weighted by atomic mass is 10.2. The van der Waals surface area contributed by atoms with E-state index in [4.69, 9.17) is 0 Å². The molecule has 1 N–H and O–H groups in total. The molecule has 0 unspecified atom stereocenters. The van der Waals surface area contributed by atoms with Crippen molar-refractivity contribution in [3.8, 4) is 0 Å². The van der Waals surface area contributed by atoms with Gasteiger partial charge in [-0.15, -0.1) is 0 Å². The Kier molecular flexibility index (Phi) is 7.81. The number of nitrogens with zero attached hydrogens (tertiary/aromatic N) is 3. The zero-order valence-corrected chi connectivity index (χ0v) is 20.5. The Balaban J connectivity index is 1.82. The highest BCUT2D eigenvalue weighted by Gasteiger charge is 2.24. The molecule has 1 saturated heterocycles. The minimum atomic E-state index is -3.88. The number of para-hydroxylation sites is 2. The van der Waals surface area contributed by atoms with E-state index in [2.05, 4.69) is 21.4 Å². The van der Waals surface area contributed by atoms with Gasteiger partial charge in [-0.05, 0) is 42.9 Å². The number of likely N-dealkylation sites (N-methyl/N-ethyl adjacent to an activating group) is 1. The van der Waals surface area contributed by atoms with Crippen molar-refractivity contribution in [2.75, 3.05) is 55.4 Å². The van der Waals surface area contributed by atoms with E-state index in [1.165, 1.54) is 28.6 Å². The summed E-state index contributed by atoms with van der Waals surface area (Å²) < 4.78 is 55.4. The molecule has 8 nitrogen and oxygen atoms in total. The molecule has 0 spiro atoms. The maximum atomic E-state index is 13.0. The van der Waals surface area contributed by atoms with Crippen LogP contribution in [0.5, 0.6) is 0 Å². The summed E-state index contributed by atoms with van der Waals surface area (Å²) in [7, 11) is -7.52. The van der Waals surface area contributed by atoms with E-state index in [0.717, 1.165) is 38.4 Å². The molecule has 1 aliphatic rings. The van der Waals surface area contributed by atoms with E-state index in [1.54, 1.807) is 26.0 Å². The number of piperazine rings is 1. The van der Waals surface area contributed by atoms with Crippen LogP contribution in [-0.2, 0) is 20.0 Å². The van der Waals surface area contributed by atoms with Crippen LogP contribution < -0.4 is 9.62 Å². The third-order valence-electron chi connectivity index (χ3n) is 5.79. The maximum Gasteiger partial charge on any atom is 0.261 e. The van der Waals surface area contributed by atoms with Crippen molar-refractivity contribution in [3.63, 3.8) is 0 Å². The van der Waals surface area contributed by atoms with Gasteiger partial charge in [0.15, 0.2) is 0 Å². The molecule has 176 valence electrons. The van der Waals surface area contributed by atoms with Crippen molar-refractivity contribution in [2.45, 2.75) is 30.6 Å². The predicted octanol–water partition coefficient (Wildman–Crippen LogP) is 2.66. The Bertz CT molecular complexity index is 1110. The van der Waals surface area contributed by atoms with Crippen LogP contribution >= 0.6 is 0 Å². The molecule has 3 rings (SSSR count). The zero-order valence-electron chi connectivity index (χ0n) is 18.9. The molecule has 0 radical (unpaired) electrons. The van der Waals surface area contributed by atoms with Gasteiger partial charge in [0.05, 0.1) is 21.2 Å². The SMILES string of the molecule is CCN1CCN(c2ccccc2NS(=O)(=O)c2ccc(S(=O)(=O)N(CC)CC)cc2)CC1. The normalized spacial score (nSPS) is 15.8. The molecular formula is C22H32N4O4S2. The van der Waals surface area contributed by atoms with E-state index in [9.17, 15) is 16.8 Å². The van der Waals surface area contributed by atoms with Crippen LogP contribution in [0.1, 0.15) is 20.8 Å². The van der Waals surface area contributed by atoms with Gasteiger partial charge in [-0.25, -0.2) is 16.8 Å². The second kappa shape index (κ2) is 10.2. The van der Waals surface area contributed by atoms with Gasteiger partial charge < -0.3 is 9.80 Å². The van der Waals surface area contributed by atoms with Gasteiger partial charge in [0.1, 0.15) is 0 Å². The Morgan fingerprint density at radius 3 is 1.94 bits per heavy atom. The fourth-order valence-corrected chi connectivity index (χ4v) is 6.38. The highest BCUT2D eigenvalue weighted by molar-refractivity contribution is 7.92. The maximum absolute atomic E-state index is 13.0. The Morgan fingerprint density at radius 2 is 1.38 bits per heavy atom. The van der Waals surface area contributed by atoms with Gasteiger partial charge in [0.2, 0.25) is 10.0 Å². The van der Waals surface area contributed by atoms with E-state index in [0.29, 0.717) is 18.8 Å². The summed E-state index contributed by atoms with van der Waals surface area (Å²) in [4.78, 5) is 4.64. The van der Waals surface area contributed by atoms with E-state index in [1.807, 2.05) is 12.1 Å². The third kappa shape index (κ3) is 5.25. The second-order valence-corrected chi connectivity index (χ2v) is 11.2. The first-order valence-corrected chi connectivity index (χ1v) is 13.8. The van der Waals surface area contributed by atoms with Crippen molar-refractivity contribution < 1.29 is 16.8 Å². The van der Waals surface area contributed by atoms with E-state index >= 15 is 0 Å². The number of rotatable bonds is 9. The van der Waals surface area contributed by atoms with Crippen molar-refractivity contribution in [3.05, 3.63) is 48.5 Å². The Labute approximate surface area is 191 Å². The highest BCUT2D eigenvalue weighted by Crippen LogP contribution is 2.29. The molecule has 2 aromatic carbocycles. The molecule has 0 aliphatic carbocycles. The van der Waals surface area contributed by atoms with Crippen LogP contribution in [0.15, 0.2) is 58.3 Å². The van der Waals surface area contributed by atoms with Crippen LogP contribution in [0.4, 0.5) is 11.4 Å². The van der Waals surface area contributed by atoms with Crippen molar-refractivity contribution in [1.29, 1.82) is 0 Å². The van der Waals surface area contributed by atoms with E-state index < -0.39 is 20.0 Å². The lowest BCUT2D eigenvalue weighted by Gasteiger charge is -2.36. The molecule has 10 heteroatoms. The average molecular weight is 481 g/mol. The summed E-state index contributed by atoms with van der Waals surface area (Å²) in [5, 5.41) is 0. The van der Waals surface area contributed by atoms with Gasteiger partial charge in [0, 0.05) is 39.3 Å². The molecule has 1 aliphatic heterocycles. The molecule has 0 bridgehead atoms. The number of nitrogens with one attached hydrogen (secondary N) is 1. The summed E-state index contributed by atoms with van der Waals surface area (Å²) in [6.45, 7) is 10.9. The summed E-state index contributed by atoms with van der Waals surface area (Å²) >= 11 is 0. The minimum absolute atomic E-state index is 0.0154. The number of hydrogen-bond acceptors (Lipinski definition) is 6. The molecule has 0 aromatic heterocycles. The quantitative estimate of drug-likeness (QED) is 0.594. The first kappa shape index (κ1) is 24.5. The lowest BCUT2D eigenvalue weighted by Crippen LogP contribution is -2.46. The number of hydrogen-bond donors (Lipinski definition) is 1. The lowest BCUT2D eigenvalue weighted by molar-refractivity contribution is 0.271. The van der Waals surface area contributed by atoms with E-state index in [-0.39, 0.29) is 9.79 Å². The van der Waals surface area contributed by atoms with Gasteiger partial charge >= 0.3 is 0 Å². The molecule has 0 saturated carbocycles.